The highest BCUT2D eigenvalue weighted by Crippen LogP contribution is 2.34. The normalized spacial score (nSPS) is 23.4. The maximum atomic E-state index is 12.8. The molecule has 0 saturated carbocycles. The molecule has 2 aliphatic rings. The summed E-state index contributed by atoms with van der Waals surface area (Å²) in [6.07, 6.45) is 3.34. The Kier molecular flexibility index (Phi) is 8.33. The molecule has 2 fully saturated rings. The van der Waals surface area contributed by atoms with Crippen LogP contribution in [0.1, 0.15) is 24.8 Å². The van der Waals surface area contributed by atoms with Gasteiger partial charge < -0.3 is 18.7 Å². The minimum atomic E-state index is -5.42. The first-order valence-electron chi connectivity index (χ1n) is 9.51. The number of methoxy groups -OCH3 is 1. The Balaban J connectivity index is 0.000000537. The fraction of sp³-hybridized carbons (Fsp3) is 0.632. The molecule has 164 valence electrons. The second-order valence-corrected chi connectivity index (χ2v) is 9.99. The Morgan fingerprint density at radius 3 is 2.34 bits per heavy atom. The SMILES string of the molecule is COc1ccc(CS[C@H]2C[C@@H](C(=O)N3CCCC3)[N+](C)(C)C2)cc1.O=S(=O)([O-])F. The van der Waals surface area contributed by atoms with Gasteiger partial charge >= 0.3 is 0 Å². The van der Waals surface area contributed by atoms with Crippen molar-refractivity contribution in [3.8, 4) is 5.75 Å². The summed E-state index contributed by atoms with van der Waals surface area (Å²) >= 11 is 1.99. The number of amides is 1. The van der Waals surface area contributed by atoms with E-state index in [9.17, 15) is 8.68 Å². The van der Waals surface area contributed by atoms with Crippen molar-refractivity contribution in [1.82, 2.24) is 4.90 Å². The molecule has 0 radical (unpaired) electrons. The number of quaternary nitrogens is 1. The van der Waals surface area contributed by atoms with Gasteiger partial charge in [-0.05, 0) is 30.5 Å². The quantitative estimate of drug-likeness (QED) is 0.390. The summed E-state index contributed by atoms with van der Waals surface area (Å²) in [5.74, 6) is 2.28. The molecule has 0 aromatic heterocycles. The number of halogens is 1. The maximum absolute atomic E-state index is 12.8. The lowest BCUT2D eigenvalue weighted by Gasteiger charge is -2.32. The highest BCUT2D eigenvalue weighted by Gasteiger charge is 2.47. The van der Waals surface area contributed by atoms with Gasteiger partial charge in [0.1, 0.15) is 5.75 Å². The highest BCUT2D eigenvalue weighted by atomic mass is 32.3. The number of benzene rings is 1. The molecule has 0 N–H and O–H groups in total. The van der Waals surface area contributed by atoms with Gasteiger partial charge in [-0.15, -0.1) is 15.6 Å². The molecular formula is C19H29FN2O5S2. The van der Waals surface area contributed by atoms with Crippen molar-refractivity contribution in [3.63, 3.8) is 0 Å². The van der Waals surface area contributed by atoms with E-state index < -0.39 is 10.5 Å². The molecule has 0 unspecified atom stereocenters. The molecule has 10 heteroatoms. The molecule has 29 heavy (non-hydrogen) atoms. The van der Waals surface area contributed by atoms with Gasteiger partial charge in [-0.2, -0.15) is 0 Å². The van der Waals surface area contributed by atoms with Gasteiger partial charge in [-0.3, -0.25) is 4.79 Å². The molecule has 7 nitrogen and oxygen atoms in total. The minimum Gasteiger partial charge on any atom is -0.722 e. The summed E-state index contributed by atoms with van der Waals surface area (Å²) in [6.45, 7) is 2.99. The van der Waals surface area contributed by atoms with Crippen LogP contribution in [-0.2, 0) is 21.1 Å². The van der Waals surface area contributed by atoms with Gasteiger partial charge in [-0.1, -0.05) is 12.1 Å². The van der Waals surface area contributed by atoms with E-state index in [4.69, 9.17) is 17.7 Å². The summed E-state index contributed by atoms with van der Waals surface area (Å²) in [6, 6.07) is 8.44. The van der Waals surface area contributed by atoms with Crippen LogP contribution < -0.4 is 4.74 Å². The lowest BCUT2D eigenvalue weighted by Crippen LogP contribution is -2.52. The summed E-state index contributed by atoms with van der Waals surface area (Å²) in [7, 11) is 0.707. The number of ether oxygens (including phenoxy) is 1. The second-order valence-electron chi connectivity index (χ2n) is 7.92. The first-order valence-corrected chi connectivity index (χ1v) is 11.9. The van der Waals surface area contributed by atoms with E-state index in [0.717, 1.165) is 42.0 Å². The van der Waals surface area contributed by atoms with Crippen molar-refractivity contribution in [1.29, 1.82) is 0 Å². The third kappa shape index (κ3) is 7.76. The molecule has 2 saturated heterocycles. The lowest BCUT2D eigenvalue weighted by molar-refractivity contribution is -0.893. The van der Waals surface area contributed by atoms with Crippen LogP contribution in [0.15, 0.2) is 24.3 Å². The van der Waals surface area contributed by atoms with Crippen LogP contribution in [0.25, 0.3) is 0 Å². The van der Waals surface area contributed by atoms with Crippen LogP contribution in [0.4, 0.5) is 3.89 Å². The van der Waals surface area contributed by atoms with E-state index >= 15 is 0 Å². The number of nitrogens with zero attached hydrogens (tertiary/aromatic N) is 2. The number of thioether (sulfide) groups is 1. The monoisotopic (exact) mass is 448 g/mol. The van der Waals surface area contributed by atoms with E-state index in [1.807, 2.05) is 23.9 Å². The molecule has 2 aliphatic heterocycles. The molecule has 1 aromatic carbocycles. The predicted molar refractivity (Wildman–Crippen MR) is 110 cm³/mol. The van der Waals surface area contributed by atoms with Crippen LogP contribution in [0.5, 0.6) is 5.75 Å². The minimum absolute atomic E-state index is 0.136. The van der Waals surface area contributed by atoms with Crippen molar-refractivity contribution in [2.24, 2.45) is 0 Å². The van der Waals surface area contributed by atoms with Crippen LogP contribution in [0, 0.1) is 0 Å². The number of hydrogen-bond donors (Lipinski definition) is 0. The number of likely N-dealkylation sites (N-methyl/N-ethyl adjacent to an activating group) is 1. The highest BCUT2D eigenvalue weighted by molar-refractivity contribution is 7.99. The van der Waals surface area contributed by atoms with Crippen LogP contribution in [-0.4, -0.2) is 80.4 Å². The van der Waals surface area contributed by atoms with Gasteiger partial charge in [0.15, 0.2) is 6.04 Å². The van der Waals surface area contributed by atoms with Crippen LogP contribution in [0.2, 0.25) is 0 Å². The number of carbonyl (C=O) groups excluding carboxylic acids is 1. The third-order valence-electron chi connectivity index (χ3n) is 5.35. The molecule has 2 atom stereocenters. The zero-order valence-corrected chi connectivity index (χ0v) is 18.7. The van der Waals surface area contributed by atoms with Crippen molar-refractivity contribution in [2.75, 3.05) is 40.8 Å². The fourth-order valence-corrected chi connectivity index (χ4v) is 5.29. The average Bonchev–Trinajstić information content (AvgIpc) is 3.26. The summed E-state index contributed by atoms with van der Waals surface area (Å²) in [4.78, 5) is 14.9. The first kappa shape index (κ1) is 23.9. The molecule has 0 bridgehead atoms. The third-order valence-corrected chi connectivity index (χ3v) is 6.66. The molecule has 1 aromatic rings. The summed E-state index contributed by atoms with van der Waals surface area (Å²) in [5.41, 5.74) is 1.32. The van der Waals surface area contributed by atoms with Crippen molar-refractivity contribution in [2.45, 2.75) is 36.3 Å². The largest absolute Gasteiger partial charge is 0.722 e. The van der Waals surface area contributed by atoms with Crippen molar-refractivity contribution >= 4 is 28.2 Å². The molecule has 2 heterocycles. The van der Waals surface area contributed by atoms with Gasteiger partial charge in [-0.25, -0.2) is 8.42 Å². The maximum Gasteiger partial charge on any atom is 0.280 e. The number of carbonyl (C=O) groups is 1. The van der Waals surface area contributed by atoms with Crippen molar-refractivity contribution < 1.29 is 30.9 Å². The standard InChI is InChI=1S/C19H29N2O2S.FHO3S/c1-21(2)13-17(12-18(21)19(22)20-10-4-5-11-20)24-14-15-6-8-16(23-3)9-7-15;1-5(2,3)4/h6-9,17-18H,4-5,10-14H2,1-3H3;(H,2,3,4)/q+1;/p-1/t17-,18-;/m0./s1. The van der Waals surface area contributed by atoms with Crippen LogP contribution >= 0.6 is 11.8 Å². The molecule has 1 amide bonds. The Hall–Kier alpha value is -1.36. The Morgan fingerprint density at radius 1 is 1.28 bits per heavy atom. The Morgan fingerprint density at radius 2 is 1.83 bits per heavy atom. The van der Waals surface area contributed by atoms with E-state index in [0.29, 0.717) is 11.2 Å². The topological polar surface area (TPSA) is 86.7 Å². The molecule has 0 spiro atoms. The molecule has 0 aliphatic carbocycles. The number of hydrogen-bond acceptors (Lipinski definition) is 6. The van der Waals surface area contributed by atoms with E-state index in [1.165, 1.54) is 18.4 Å². The predicted octanol–water partition coefficient (Wildman–Crippen LogP) is 2.18. The fourth-order valence-electron chi connectivity index (χ4n) is 3.87. The zero-order valence-electron chi connectivity index (χ0n) is 17.0. The summed E-state index contributed by atoms with van der Waals surface area (Å²) in [5, 5.41) is 0.554. The van der Waals surface area contributed by atoms with E-state index in [1.54, 1.807) is 7.11 Å². The average molecular weight is 449 g/mol. The zero-order chi connectivity index (χ0) is 21.7. The Labute approximate surface area is 176 Å². The lowest BCUT2D eigenvalue weighted by atomic mass is 10.2. The van der Waals surface area contributed by atoms with Gasteiger partial charge in [0, 0.05) is 25.3 Å². The van der Waals surface area contributed by atoms with Gasteiger partial charge in [0.25, 0.3) is 16.4 Å². The van der Waals surface area contributed by atoms with E-state index in [-0.39, 0.29) is 6.04 Å². The van der Waals surface area contributed by atoms with Gasteiger partial charge in [0.05, 0.1) is 33.0 Å². The number of likely N-dealkylation sites (tertiary alicyclic amines) is 2. The molecule has 3 rings (SSSR count). The van der Waals surface area contributed by atoms with Crippen LogP contribution in [0.3, 0.4) is 0 Å². The Bertz CT molecular complexity index is 772. The number of rotatable bonds is 5. The van der Waals surface area contributed by atoms with Crippen molar-refractivity contribution in [3.05, 3.63) is 29.8 Å². The van der Waals surface area contributed by atoms with E-state index in [2.05, 4.69) is 31.1 Å². The summed E-state index contributed by atoms with van der Waals surface area (Å²) < 4.78 is 41.4. The first-order chi connectivity index (χ1) is 13.5. The smallest absolute Gasteiger partial charge is 0.280 e. The second kappa shape index (κ2) is 10.1. The van der Waals surface area contributed by atoms with Gasteiger partial charge in [0.2, 0.25) is 0 Å². The molecular weight excluding hydrogens is 419 g/mol.